The molecule has 2 N–H and O–H groups in total. The molecule has 3 unspecified atom stereocenters. The highest BCUT2D eigenvalue weighted by atomic mass is 16.5. The van der Waals surface area contributed by atoms with Gasteiger partial charge in [0.25, 0.3) is 0 Å². The Balaban J connectivity index is 1.57. The molecule has 0 aromatic carbocycles. The molecular formula is C14H25NO3. The van der Waals surface area contributed by atoms with Crippen LogP contribution in [0.3, 0.4) is 0 Å². The zero-order valence-electron chi connectivity index (χ0n) is 11.1. The number of hydrogen-bond acceptors (Lipinski definition) is 3. The number of aliphatic hydroxyl groups is 1. The normalized spacial score (nSPS) is 32.4. The zero-order chi connectivity index (χ0) is 12.8. The predicted octanol–water partition coefficient (Wildman–Crippen LogP) is 1.61. The average molecular weight is 255 g/mol. The third-order valence-corrected chi connectivity index (χ3v) is 4.15. The van der Waals surface area contributed by atoms with Gasteiger partial charge in [-0.15, -0.1) is 0 Å². The fraction of sp³-hybridized carbons (Fsp3) is 0.929. The number of nitrogens with one attached hydrogen (secondary N) is 1. The van der Waals surface area contributed by atoms with Crippen molar-refractivity contribution in [3.8, 4) is 0 Å². The summed E-state index contributed by atoms with van der Waals surface area (Å²) in [7, 11) is 0. The van der Waals surface area contributed by atoms with Gasteiger partial charge in [0.05, 0.1) is 12.2 Å². The molecule has 1 aliphatic heterocycles. The molecule has 2 aliphatic rings. The maximum atomic E-state index is 11.7. The molecule has 4 nitrogen and oxygen atoms in total. The average Bonchev–Trinajstić information content (AvgIpc) is 2.81. The van der Waals surface area contributed by atoms with Crippen LogP contribution in [0.4, 0.5) is 0 Å². The van der Waals surface area contributed by atoms with Crippen LogP contribution in [0.25, 0.3) is 0 Å². The first-order chi connectivity index (χ1) is 8.75. The molecule has 3 atom stereocenters. The molecule has 2 fully saturated rings. The number of rotatable bonds is 5. The second kappa shape index (κ2) is 7.10. The van der Waals surface area contributed by atoms with Crippen molar-refractivity contribution in [2.75, 3.05) is 13.2 Å². The largest absolute Gasteiger partial charge is 0.393 e. The van der Waals surface area contributed by atoms with Gasteiger partial charge in [0.1, 0.15) is 0 Å². The Kier molecular flexibility index (Phi) is 5.45. The van der Waals surface area contributed by atoms with Gasteiger partial charge in [-0.25, -0.2) is 0 Å². The van der Waals surface area contributed by atoms with E-state index >= 15 is 0 Å². The van der Waals surface area contributed by atoms with E-state index < -0.39 is 0 Å². The quantitative estimate of drug-likeness (QED) is 0.784. The number of hydrogen-bond donors (Lipinski definition) is 2. The van der Waals surface area contributed by atoms with Crippen LogP contribution in [-0.4, -0.2) is 36.4 Å². The van der Waals surface area contributed by atoms with Gasteiger partial charge in [-0.05, 0) is 38.5 Å². The number of carbonyl (C=O) groups excluding carboxylic acids is 1. The van der Waals surface area contributed by atoms with E-state index in [1.165, 1.54) is 6.42 Å². The third kappa shape index (κ3) is 4.25. The zero-order valence-corrected chi connectivity index (χ0v) is 11.1. The summed E-state index contributed by atoms with van der Waals surface area (Å²) in [5, 5.41) is 12.6. The summed E-state index contributed by atoms with van der Waals surface area (Å²) in [5.41, 5.74) is 0. The lowest BCUT2D eigenvalue weighted by Crippen LogP contribution is -2.33. The van der Waals surface area contributed by atoms with Gasteiger partial charge < -0.3 is 15.2 Å². The monoisotopic (exact) mass is 255 g/mol. The molecular weight excluding hydrogens is 230 g/mol. The summed E-state index contributed by atoms with van der Waals surface area (Å²) in [4.78, 5) is 11.7. The van der Waals surface area contributed by atoms with Gasteiger partial charge in [-0.2, -0.15) is 0 Å². The summed E-state index contributed by atoms with van der Waals surface area (Å²) in [5.74, 6) is 0.364. The molecule has 1 amide bonds. The maximum Gasteiger partial charge on any atom is 0.220 e. The molecule has 0 aromatic heterocycles. The lowest BCUT2D eigenvalue weighted by Gasteiger charge is -2.22. The lowest BCUT2D eigenvalue weighted by atomic mass is 10.0. The highest BCUT2D eigenvalue weighted by Gasteiger charge is 2.25. The number of amides is 1. The molecule has 18 heavy (non-hydrogen) atoms. The minimum atomic E-state index is -0.216. The molecule has 0 radical (unpaired) electrons. The fourth-order valence-electron chi connectivity index (χ4n) is 2.92. The van der Waals surface area contributed by atoms with Crippen molar-refractivity contribution >= 4 is 5.91 Å². The summed E-state index contributed by atoms with van der Waals surface area (Å²) in [6.45, 7) is 1.48. The molecule has 4 heteroatoms. The molecule has 0 aromatic rings. The second-order valence-corrected chi connectivity index (χ2v) is 5.59. The van der Waals surface area contributed by atoms with Crippen LogP contribution in [0, 0.1) is 5.92 Å². The van der Waals surface area contributed by atoms with E-state index in [9.17, 15) is 9.90 Å². The van der Waals surface area contributed by atoms with Crippen LogP contribution in [0.1, 0.15) is 51.4 Å². The number of carbonyl (C=O) groups is 1. The van der Waals surface area contributed by atoms with Gasteiger partial charge >= 0.3 is 0 Å². The highest BCUT2D eigenvalue weighted by molar-refractivity contribution is 5.75. The van der Waals surface area contributed by atoms with E-state index in [-0.39, 0.29) is 24.0 Å². The minimum absolute atomic E-state index is 0.100. The Labute approximate surface area is 109 Å². The molecule has 1 heterocycles. The van der Waals surface area contributed by atoms with E-state index in [1.807, 2.05) is 0 Å². The van der Waals surface area contributed by atoms with Crippen LogP contribution in [0.5, 0.6) is 0 Å². The smallest absolute Gasteiger partial charge is 0.220 e. The number of aliphatic hydroxyl groups excluding tert-OH is 1. The Bertz CT molecular complexity index is 264. The van der Waals surface area contributed by atoms with E-state index in [1.54, 1.807) is 0 Å². The summed E-state index contributed by atoms with van der Waals surface area (Å²) in [6, 6.07) is 0. The van der Waals surface area contributed by atoms with Gasteiger partial charge in [0.15, 0.2) is 0 Å². The Morgan fingerprint density at radius 1 is 1.22 bits per heavy atom. The lowest BCUT2D eigenvalue weighted by molar-refractivity contribution is -0.122. The predicted molar refractivity (Wildman–Crippen MR) is 69.2 cm³/mol. The Morgan fingerprint density at radius 2 is 2.11 bits per heavy atom. The minimum Gasteiger partial charge on any atom is -0.393 e. The standard InChI is InChI=1S/C14H25NO3/c16-13-6-3-4-11(13)10-15-14(17)8-7-12-5-1-2-9-18-12/h11-13,16H,1-10H2,(H,15,17). The first-order valence-corrected chi connectivity index (χ1v) is 7.32. The van der Waals surface area contributed by atoms with Gasteiger partial charge in [-0.3, -0.25) is 4.79 Å². The number of ether oxygens (including phenoxy) is 1. The molecule has 104 valence electrons. The first-order valence-electron chi connectivity index (χ1n) is 7.32. The van der Waals surface area contributed by atoms with Crippen LogP contribution in [-0.2, 0) is 9.53 Å². The van der Waals surface area contributed by atoms with Crippen molar-refractivity contribution in [3.63, 3.8) is 0 Å². The maximum absolute atomic E-state index is 11.7. The van der Waals surface area contributed by atoms with E-state index in [4.69, 9.17) is 4.74 Å². The van der Waals surface area contributed by atoms with Crippen LogP contribution in [0.15, 0.2) is 0 Å². The van der Waals surface area contributed by atoms with E-state index in [0.717, 1.165) is 45.1 Å². The second-order valence-electron chi connectivity index (χ2n) is 5.59. The van der Waals surface area contributed by atoms with Crippen molar-refractivity contribution in [2.24, 2.45) is 5.92 Å². The highest BCUT2D eigenvalue weighted by Crippen LogP contribution is 2.24. The van der Waals surface area contributed by atoms with Crippen molar-refractivity contribution in [1.29, 1.82) is 0 Å². The topological polar surface area (TPSA) is 58.6 Å². The molecule has 0 bridgehead atoms. The van der Waals surface area contributed by atoms with Crippen LogP contribution < -0.4 is 5.32 Å². The molecule has 0 spiro atoms. The van der Waals surface area contributed by atoms with Gasteiger partial charge in [0.2, 0.25) is 5.91 Å². The van der Waals surface area contributed by atoms with E-state index in [2.05, 4.69) is 5.32 Å². The van der Waals surface area contributed by atoms with Crippen molar-refractivity contribution in [1.82, 2.24) is 5.32 Å². The SMILES string of the molecule is O=C(CCC1CCCCO1)NCC1CCCC1O. The Morgan fingerprint density at radius 3 is 2.78 bits per heavy atom. The Hall–Kier alpha value is -0.610. The summed E-state index contributed by atoms with van der Waals surface area (Å²) in [6.07, 6.45) is 7.92. The fourth-order valence-corrected chi connectivity index (χ4v) is 2.92. The van der Waals surface area contributed by atoms with E-state index in [0.29, 0.717) is 13.0 Å². The van der Waals surface area contributed by atoms with Crippen LogP contribution in [0.2, 0.25) is 0 Å². The molecule has 1 saturated heterocycles. The summed E-state index contributed by atoms with van der Waals surface area (Å²) < 4.78 is 5.60. The molecule has 1 aliphatic carbocycles. The first kappa shape index (κ1) is 13.8. The van der Waals surface area contributed by atoms with Crippen molar-refractivity contribution in [2.45, 2.75) is 63.6 Å². The van der Waals surface area contributed by atoms with Gasteiger partial charge in [0, 0.05) is 25.5 Å². The summed E-state index contributed by atoms with van der Waals surface area (Å²) >= 11 is 0. The van der Waals surface area contributed by atoms with Crippen LogP contribution >= 0.6 is 0 Å². The van der Waals surface area contributed by atoms with Crippen molar-refractivity contribution in [3.05, 3.63) is 0 Å². The van der Waals surface area contributed by atoms with Crippen molar-refractivity contribution < 1.29 is 14.6 Å². The third-order valence-electron chi connectivity index (χ3n) is 4.15. The van der Waals surface area contributed by atoms with Gasteiger partial charge in [-0.1, -0.05) is 6.42 Å². The molecule has 1 saturated carbocycles. The molecule has 2 rings (SSSR count).